The van der Waals surface area contributed by atoms with Gasteiger partial charge >= 0.3 is 5.97 Å². The van der Waals surface area contributed by atoms with Crippen molar-refractivity contribution in [2.24, 2.45) is 0 Å². The summed E-state index contributed by atoms with van der Waals surface area (Å²) in [6.07, 6.45) is 5.81. The lowest BCUT2D eigenvalue weighted by Gasteiger charge is -2.33. The van der Waals surface area contributed by atoms with Gasteiger partial charge in [0.15, 0.2) is 0 Å². The molecule has 0 unspecified atom stereocenters. The molecule has 0 aliphatic carbocycles. The molecule has 0 spiro atoms. The Hall–Kier alpha value is -1.85. The molecule has 1 atom stereocenters. The van der Waals surface area contributed by atoms with E-state index < -0.39 is 5.97 Å². The Morgan fingerprint density at radius 2 is 2.09 bits per heavy atom. The fourth-order valence-electron chi connectivity index (χ4n) is 3.13. The topological polar surface area (TPSA) is 58.4 Å². The van der Waals surface area contributed by atoms with Gasteiger partial charge in [-0.05, 0) is 43.0 Å². The van der Waals surface area contributed by atoms with Gasteiger partial charge in [0.1, 0.15) is 0 Å². The minimum absolute atomic E-state index is 0.344. The molecule has 3 rings (SSSR count). The largest absolute Gasteiger partial charge is 0.478 e. The molecule has 1 saturated heterocycles. The second-order valence-electron chi connectivity index (χ2n) is 5.99. The summed E-state index contributed by atoms with van der Waals surface area (Å²) in [5.41, 5.74) is 1.57. The van der Waals surface area contributed by atoms with Gasteiger partial charge in [-0.2, -0.15) is 5.10 Å². The number of hydrogen-bond acceptors (Lipinski definition) is 3. The van der Waals surface area contributed by atoms with Crippen LogP contribution in [-0.4, -0.2) is 45.4 Å². The number of rotatable bonds is 5. The predicted molar refractivity (Wildman–Crippen MR) is 89.1 cm³/mol. The third-order valence-corrected chi connectivity index (χ3v) is 4.58. The molecule has 0 bridgehead atoms. The number of piperidine rings is 1. The molecule has 2 aromatic rings. The van der Waals surface area contributed by atoms with E-state index in [0.717, 1.165) is 39.0 Å². The lowest BCUT2D eigenvalue weighted by Crippen LogP contribution is -2.36. The van der Waals surface area contributed by atoms with Crippen molar-refractivity contribution in [3.8, 4) is 0 Å². The van der Waals surface area contributed by atoms with Crippen LogP contribution < -0.4 is 0 Å². The Labute approximate surface area is 140 Å². The van der Waals surface area contributed by atoms with Gasteiger partial charge in [0.25, 0.3) is 0 Å². The minimum Gasteiger partial charge on any atom is -0.478 e. The van der Waals surface area contributed by atoms with Gasteiger partial charge < -0.3 is 10.0 Å². The van der Waals surface area contributed by atoms with Crippen molar-refractivity contribution in [3.63, 3.8) is 0 Å². The lowest BCUT2D eigenvalue weighted by atomic mass is 9.90. The summed E-state index contributed by atoms with van der Waals surface area (Å²) < 4.78 is 1.87. The van der Waals surface area contributed by atoms with E-state index in [4.69, 9.17) is 16.7 Å². The Bertz CT molecular complexity index is 669. The van der Waals surface area contributed by atoms with Gasteiger partial charge in [-0.1, -0.05) is 23.7 Å². The molecule has 6 heteroatoms. The summed E-state index contributed by atoms with van der Waals surface area (Å²) in [5, 5.41) is 13.9. The first-order valence-electron chi connectivity index (χ1n) is 7.85. The van der Waals surface area contributed by atoms with Crippen LogP contribution in [0.15, 0.2) is 36.7 Å². The number of likely N-dealkylation sites (tertiary alicyclic amines) is 1. The molecule has 1 N–H and O–H groups in total. The van der Waals surface area contributed by atoms with Gasteiger partial charge in [-0.15, -0.1) is 0 Å². The van der Waals surface area contributed by atoms with Gasteiger partial charge in [-0.3, -0.25) is 4.68 Å². The fourth-order valence-corrected chi connectivity index (χ4v) is 3.29. The van der Waals surface area contributed by atoms with E-state index in [1.807, 2.05) is 23.0 Å². The maximum Gasteiger partial charge on any atom is 0.335 e. The number of carbonyl (C=O) groups is 1. The van der Waals surface area contributed by atoms with Crippen LogP contribution in [0.1, 0.15) is 34.7 Å². The van der Waals surface area contributed by atoms with E-state index in [1.165, 1.54) is 5.56 Å². The Morgan fingerprint density at radius 1 is 1.30 bits per heavy atom. The van der Waals surface area contributed by atoms with E-state index >= 15 is 0 Å². The molecule has 1 aliphatic heterocycles. The van der Waals surface area contributed by atoms with E-state index in [1.54, 1.807) is 18.3 Å². The van der Waals surface area contributed by atoms with Crippen LogP contribution in [0.2, 0.25) is 5.02 Å². The number of halogens is 1. The third kappa shape index (κ3) is 4.12. The second kappa shape index (κ2) is 7.15. The van der Waals surface area contributed by atoms with Crippen molar-refractivity contribution in [2.45, 2.75) is 25.3 Å². The normalized spacial score (nSPS) is 18.9. The molecule has 1 aromatic carbocycles. The number of carboxylic acid groups (broad SMARTS) is 1. The minimum atomic E-state index is -0.875. The van der Waals surface area contributed by atoms with Crippen LogP contribution in [0.4, 0.5) is 0 Å². The molecule has 1 aromatic heterocycles. The number of aromatic nitrogens is 2. The van der Waals surface area contributed by atoms with Crippen LogP contribution in [-0.2, 0) is 6.54 Å². The molecule has 5 nitrogen and oxygen atoms in total. The summed E-state index contributed by atoms with van der Waals surface area (Å²) in [6, 6.07) is 7.29. The van der Waals surface area contributed by atoms with E-state index in [0.29, 0.717) is 16.5 Å². The molecule has 0 amide bonds. The van der Waals surface area contributed by atoms with E-state index in [9.17, 15) is 4.79 Å². The molecule has 2 heterocycles. The van der Waals surface area contributed by atoms with Crippen LogP contribution in [0.3, 0.4) is 0 Å². The zero-order valence-corrected chi connectivity index (χ0v) is 13.6. The van der Waals surface area contributed by atoms with Gasteiger partial charge in [0.05, 0.1) is 23.3 Å². The SMILES string of the molecule is O=C(O)c1ccc([C@H]2CCCN(CCn3cc(Cl)cn3)C2)cc1. The van der Waals surface area contributed by atoms with Crippen molar-refractivity contribution < 1.29 is 9.90 Å². The average molecular weight is 334 g/mol. The van der Waals surface area contributed by atoms with Crippen LogP contribution in [0.25, 0.3) is 0 Å². The number of aromatic carboxylic acids is 1. The molecular weight excluding hydrogens is 314 g/mol. The zero-order valence-electron chi connectivity index (χ0n) is 12.9. The fraction of sp³-hybridized carbons (Fsp3) is 0.412. The summed E-state index contributed by atoms with van der Waals surface area (Å²) in [5.74, 6) is -0.410. The van der Waals surface area contributed by atoms with E-state index in [2.05, 4.69) is 10.00 Å². The number of carboxylic acids is 1. The van der Waals surface area contributed by atoms with Crippen LogP contribution in [0.5, 0.6) is 0 Å². The summed E-state index contributed by atoms with van der Waals surface area (Å²) in [7, 11) is 0. The maximum atomic E-state index is 10.9. The van der Waals surface area contributed by atoms with Crippen molar-refractivity contribution in [1.29, 1.82) is 0 Å². The lowest BCUT2D eigenvalue weighted by molar-refractivity contribution is 0.0697. The number of nitrogens with zero attached hydrogens (tertiary/aromatic N) is 3. The highest BCUT2D eigenvalue weighted by Gasteiger charge is 2.21. The summed E-state index contributed by atoms with van der Waals surface area (Å²) in [6.45, 7) is 3.87. The molecule has 1 fully saturated rings. The highest BCUT2D eigenvalue weighted by molar-refractivity contribution is 6.30. The van der Waals surface area contributed by atoms with Gasteiger partial charge in [-0.25, -0.2) is 4.79 Å². The van der Waals surface area contributed by atoms with Crippen molar-refractivity contribution in [1.82, 2.24) is 14.7 Å². The number of benzene rings is 1. The zero-order chi connectivity index (χ0) is 16.2. The molecule has 23 heavy (non-hydrogen) atoms. The second-order valence-corrected chi connectivity index (χ2v) is 6.42. The first-order valence-corrected chi connectivity index (χ1v) is 8.23. The Balaban J connectivity index is 1.58. The van der Waals surface area contributed by atoms with Crippen LogP contribution >= 0.6 is 11.6 Å². The Morgan fingerprint density at radius 3 is 2.74 bits per heavy atom. The van der Waals surface area contributed by atoms with E-state index in [-0.39, 0.29) is 0 Å². The summed E-state index contributed by atoms with van der Waals surface area (Å²) in [4.78, 5) is 13.4. The van der Waals surface area contributed by atoms with Crippen molar-refractivity contribution in [2.75, 3.05) is 19.6 Å². The first kappa shape index (κ1) is 16.0. The molecule has 1 aliphatic rings. The highest BCUT2D eigenvalue weighted by Crippen LogP contribution is 2.27. The number of hydrogen-bond donors (Lipinski definition) is 1. The average Bonchev–Trinajstić information content (AvgIpc) is 2.99. The maximum absolute atomic E-state index is 10.9. The monoisotopic (exact) mass is 333 g/mol. The molecule has 0 radical (unpaired) electrons. The third-order valence-electron chi connectivity index (χ3n) is 4.38. The van der Waals surface area contributed by atoms with Gasteiger partial charge in [0, 0.05) is 19.3 Å². The first-order chi connectivity index (χ1) is 11.1. The molecule has 122 valence electrons. The quantitative estimate of drug-likeness (QED) is 0.913. The van der Waals surface area contributed by atoms with Crippen molar-refractivity contribution in [3.05, 3.63) is 52.8 Å². The molecular formula is C17H20ClN3O2. The Kier molecular flexibility index (Phi) is 4.98. The predicted octanol–water partition coefficient (Wildman–Crippen LogP) is 3.11. The smallest absolute Gasteiger partial charge is 0.335 e. The summed E-state index contributed by atoms with van der Waals surface area (Å²) >= 11 is 5.88. The van der Waals surface area contributed by atoms with Gasteiger partial charge in [0.2, 0.25) is 0 Å². The standard InChI is InChI=1S/C17H20ClN3O2/c18-16-10-19-21(12-16)9-8-20-7-1-2-15(11-20)13-3-5-14(6-4-13)17(22)23/h3-6,10,12,15H,1-2,7-9,11H2,(H,22,23)/t15-/m0/s1. The highest BCUT2D eigenvalue weighted by atomic mass is 35.5. The van der Waals surface area contributed by atoms with Crippen molar-refractivity contribution >= 4 is 17.6 Å². The van der Waals surface area contributed by atoms with Crippen LogP contribution in [0, 0.1) is 0 Å². The molecule has 0 saturated carbocycles.